The van der Waals surface area contributed by atoms with E-state index in [-0.39, 0.29) is 24.0 Å². The van der Waals surface area contributed by atoms with Crippen molar-refractivity contribution in [1.29, 1.82) is 0 Å². The summed E-state index contributed by atoms with van der Waals surface area (Å²) in [5, 5.41) is 23.8. The summed E-state index contributed by atoms with van der Waals surface area (Å²) in [6.45, 7) is 2.99. The Morgan fingerprint density at radius 2 is 2.22 bits per heavy atom. The lowest BCUT2D eigenvalue weighted by molar-refractivity contribution is -0.383. The molecule has 0 amide bonds. The molecule has 1 aromatic heterocycles. The Morgan fingerprint density at radius 3 is 2.93 bits per heavy atom. The second-order valence-corrected chi connectivity index (χ2v) is 6.62. The maximum atomic E-state index is 11.1. The summed E-state index contributed by atoms with van der Waals surface area (Å²) in [5.74, 6) is 1.14. The molecule has 1 aromatic carbocycles. The van der Waals surface area contributed by atoms with Gasteiger partial charge in [-0.05, 0) is 31.4 Å². The van der Waals surface area contributed by atoms with Gasteiger partial charge in [-0.25, -0.2) is 4.98 Å². The molecule has 2 heterocycles. The van der Waals surface area contributed by atoms with Crippen LogP contribution in [-0.4, -0.2) is 39.2 Å². The largest absolute Gasteiger partial charge is 0.394 e. The smallest absolute Gasteiger partial charge is 0.294 e. The number of aliphatic hydroxyl groups excluding tert-OH is 1. The molecule has 9 nitrogen and oxygen atoms in total. The van der Waals surface area contributed by atoms with Gasteiger partial charge in [0.05, 0.1) is 17.6 Å². The Kier molecular flexibility index (Phi) is 5.70. The monoisotopic (exact) mass is 372 g/mol. The fraction of sp³-hybridized carbons (Fsp3) is 0.444. The maximum absolute atomic E-state index is 11.1. The molecule has 27 heavy (non-hydrogen) atoms. The highest BCUT2D eigenvalue weighted by Crippen LogP contribution is 2.29. The van der Waals surface area contributed by atoms with E-state index < -0.39 is 4.92 Å². The molecule has 0 aliphatic carbocycles. The van der Waals surface area contributed by atoms with Crippen LogP contribution in [0.5, 0.6) is 0 Å². The lowest BCUT2D eigenvalue weighted by Crippen LogP contribution is -2.33. The standard InChI is InChI=1S/C18H24N6O3/c1-2-4-12-10-17(23-8-3-5-14(23)11-25)22-18(20-12)21-13-6-7-15(19)16(9-13)24(26)27/h6-7,9-10,14,25H,2-5,8,11,19H2,1H3,(H,20,21,22). The second kappa shape index (κ2) is 8.17. The average molecular weight is 372 g/mol. The number of aliphatic hydroxyl groups is 1. The first kappa shape index (κ1) is 18.8. The number of aryl methyl sites for hydroxylation is 1. The molecule has 1 atom stereocenters. The third-order valence-electron chi connectivity index (χ3n) is 4.64. The molecule has 1 aliphatic rings. The van der Waals surface area contributed by atoms with E-state index in [1.54, 1.807) is 6.07 Å². The number of nitro benzene ring substituents is 1. The van der Waals surface area contributed by atoms with Crippen molar-refractivity contribution in [3.8, 4) is 0 Å². The predicted octanol–water partition coefficient (Wildman–Crippen LogP) is 2.62. The molecule has 3 rings (SSSR count). The van der Waals surface area contributed by atoms with Crippen molar-refractivity contribution in [3.63, 3.8) is 0 Å². The van der Waals surface area contributed by atoms with E-state index in [4.69, 9.17) is 5.73 Å². The Labute approximate surface area is 157 Å². The first-order chi connectivity index (χ1) is 13.0. The molecule has 0 bridgehead atoms. The van der Waals surface area contributed by atoms with Crippen LogP contribution in [0.3, 0.4) is 0 Å². The summed E-state index contributed by atoms with van der Waals surface area (Å²) >= 11 is 0. The van der Waals surface area contributed by atoms with Crippen LogP contribution in [0.25, 0.3) is 0 Å². The molecule has 1 fully saturated rings. The van der Waals surface area contributed by atoms with Gasteiger partial charge in [0, 0.05) is 30.1 Å². The topological polar surface area (TPSA) is 130 Å². The maximum Gasteiger partial charge on any atom is 0.294 e. The fourth-order valence-electron chi connectivity index (χ4n) is 3.31. The van der Waals surface area contributed by atoms with Crippen LogP contribution in [0, 0.1) is 10.1 Å². The summed E-state index contributed by atoms with van der Waals surface area (Å²) in [5.41, 5.74) is 6.98. The van der Waals surface area contributed by atoms with Crippen LogP contribution in [0.1, 0.15) is 31.9 Å². The summed E-state index contributed by atoms with van der Waals surface area (Å²) < 4.78 is 0. The van der Waals surface area contributed by atoms with Crippen LogP contribution >= 0.6 is 0 Å². The molecule has 144 valence electrons. The van der Waals surface area contributed by atoms with Gasteiger partial charge in [-0.2, -0.15) is 4.98 Å². The summed E-state index contributed by atoms with van der Waals surface area (Å²) in [6, 6.07) is 6.52. The Balaban J connectivity index is 1.93. The van der Waals surface area contributed by atoms with Crippen molar-refractivity contribution >= 4 is 28.8 Å². The van der Waals surface area contributed by atoms with Crippen molar-refractivity contribution in [2.45, 2.75) is 38.6 Å². The number of nitrogens with zero attached hydrogens (tertiary/aromatic N) is 4. The number of nitrogens with one attached hydrogen (secondary N) is 1. The van der Waals surface area contributed by atoms with Crippen LogP contribution in [-0.2, 0) is 6.42 Å². The van der Waals surface area contributed by atoms with E-state index in [9.17, 15) is 15.2 Å². The van der Waals surface area contributed by atoms with Crippen molar-refractivity contribution < 1.29 is 10.0 Å². The minimum Gasteiger partial charge on any atom is -0.394 e. The number of hydrogen-bond donors (Lipinski definition) is 3. The van der Waals surface area contributed by atoms with Gasteiger partial charge in [-0.3, -0.25) is 10.1 Å². The summed E-state index contributed by atoms with van der Waals surface area (Å²) in [6.07, 6.45) is 3.66. The molecular weight excluding hydrogens is 348 g/mol. The molecule has 0 saturated carbocycles. The minimum absolute atomic E-state index is 0.0554. The predicted molar refractivity (Wildman–Crippen MR) is 104 cm³/mol. The highest BCUT2D eigenvalue weighted by molar-refractivity contribution is 5.68. The van der Waals surface area contributed by atoms with Gasteiger partial charge >= 0.3 is 0 Å². The quantitative estimate of drug-likeness (QED) is 0.384. The highest BCUT2D eigenvalue weighted by Gasteiger charge is 2.26. The zero-order valence-electron chi connectivity index (χ0n) is 15.3. The molecule has 2 aromatic rings. The molecule has 1 unspecified atom stereocenters. The average Bonchev–Trinajstić information content (AvgIpc) is 3.12. The third kappa shape index (κ3) is 4.25. The van der Waals surface area contributed by atoms with Crippen LogP contribution < -0.4 is 16.0 Å². The van der Waals surface area contributed by atoms with Gasteiger partial charge < -0.3 is 21.1 Å². The lowest BCUT2D eigenvalue weighted by atomic mass is 10.2. The van der Waals surface area contributed by atoms with Gasteiger partial charge in [-0.1, -0.05) is 13.3 Å². The SMILES string of the molecule is CCCc1cc(N2CCCC2CO)nc(Nc2ccc(N)c([N+](=O)[O-])c2)n1. The number of anilines is 4. The molecule has 1 saturated heterocycles. The zero-order valence-corrected chi connectivity index (χ0v) is 15.3. The molecule has 0 radical (unpaired) electrons. The Bertz CT molecular complexity index is 829. The van der Waals surface area contributed by atoms with Crippen molar-refractivity contribution in [2.75, 3.05) is 29.1 Å². The van der Waals surface area contributed by atoms with E-state index in [0.717, 1.165) is 43.7 Å². The molecule has 9 heteroatoms. The fourth-order valence-corrected chi connectivity index (χ4v) is 3.31. The van der Waals surface area contributed by atoms with Crippen molar-refractivity contribution in [3.05, 3.63) is 40.1 Å². The molecule has 4 N–H and O–H groups in total. The van der Waals surface area contributed by atoms with Crippen LogP contribution in [0.2, 0.25) is 0 Å². The van der Waals surface area contributed by atoms with E-state index >= 15 is 0 Å². The normalized spacial score (nSPS) is 16.5. The minimum atomic E-state index is -0.517. The first-order valence-corrected chi connectivity index (χ1v) is 9.08. The summed E-state index contributed by atoms with van der Waals surface area (Å²) in [7, 11) is 0. The third-order valence-corrected chi connectivity index (χ3v) is 4.64. The number of benzene rings is 1. The van der Waals surface area contributed by atoms with Gasteiger partial charge in [0.1, 0.15) is 11.5 Å². The van der Waals surface area contributed by atoms with Gasteiger partial charge in [0.2, 0.25) is 5.95 Å². The summed E-state index contributed by atoms with van der Waals surface area (Å²) in [4.78, 5) is 21.8. The lowest BCUT2D eigenvalue weighted by Gasteiger charge is -2.25. The van der Waals surface area contributed by atoms with Gasteiger partial charge in [0.15, 0.2) is 0 Å². The number of nitrogens with two attached hydrogens (primary N) is 1. The van der Waals surface area contributed by atoms with E-state index in [1.165, 1.54) is 12.1 Å². The van der Waals surface area contributed by atoms with Crippen molar-refractivity contribution in [2.24, 2.45) is 0 Å². The number of nitro groups is 1. The molecule has 1 aliphatic heterocycles. The highest BCUT2D eigenvalue weighted by atomic mass is 16.6. The molecular formula is C18H24N6O3. The van der Waals surface area contributed by atoms with Crippen LogP contribution in [0.15, 0.2) is 24.3 Å². The number of nitrogen functional groups attached to an aromatic ring is 1. The van der Waals surface area contributed by atoms with Crippen LogP contribution in [0.4, 0.5) is 28.8 Å². The number of aromatic nitrogens is 2. The van der Waals surface area contributed by atoms with Gasteiger partial charge in [0.25, 0.3) is 5.69 Å². The first-order valence-electron chi connectivity index (χ1n) is 9.08. The van der Waals surface area contributed by atoms with E-state index in [1.807, 2.05) is 6.07 Å². The van der Waals surface area contributed by atoms with E-state index in [2.05, 4.69) is 27.1 Å². The number of hydrogen-bond acceptors (Lipinski definition) is 8. The Morgan fingerprint density at radius 1 is 1.41 bits per heavy atom. The van der Waals surface area contributed by atoms with Gasteiger partial charge in [-0.15, -0.1) is 0 Å². The zero-order chi connectivity index (χ0) is 19.4. The van der Waals surface area contributed by atoms with Crippen molar-refractivity contribution in [1.82, 2.24) is 9.97 Å². The Hall–Kier alpha value is -2.94. The number of rotatable bonds is 7. The van der Waals surface area contributed by atoms with E-state index in [0.29, 0.717) is 11.6 Å². The molecule has 0 spiro atoms. The second-order valence-electron chi connectivity index (χ2n) is 6.62.